The Labute approximate surface area is 177 Å². The van der Waals surface area contributed by atoms with E-state index in [2.05, 4.69) is 71.0 Å². The Bertz CT molecular complexity index is 1170. The standard InChI is InChI=1S/C14H2.C13H11ClO/c1-3-5-7-9-11-13-14-12-10-8-6-4-2;1-15-13-4-2-3-11(9-13)10-5-7-12(14)8-6-10/h1-2H;2-9H,1H3. The van der Waals surface area contributed by atoms with E-state index >= 15 is 0 Å². The third-order valence-corrected chi connectivity index (χ3v) is 3.21. The van der Waals surface area contributed by atoms with Gasteiger partial charge in [-0.3, -0.25) is 0 Å². The molecule has 0 fully saturated rings. The first kappa shape index (κ1) is 22.5. The summed E-state index contributed by atoms with van der Waals surface area (Å²) in [6.45, 7) is 0. The van der Waals surface area contributed by atoms with Gasteiger partial charge in [-0.2, -0.15) is 0 Å². The lowest BCUT2D eigenvalue weighted by Crippen LogP contribution is -1.83. The fourth-order valence-corrected chi connectivity index (χ4v) is 1.89. The third-order valence-electron chi connectivity index (χ3n) is 2.95. The van der Waals surface area contributed by atoms with E-state index in [4.69, 9.17) is 29.2 Å². The Balaban J connectivity index is 0.000000291. The van der Waals surface area contributed by atoms with Crippen molar-refractivity contribution >= 4 is 11.6 Å². The zero-order chi connectivity index (χ0) is 21.2. The monoisotopic (exact) mass is 388 g/mol. The highest BCUT2D eigenvalue weighted by Gasteiger charge is 1.98. The van der Waals surface area contributed by atoms with Gasteiger partial charge in [0.25, 0.3) is 0 Å². The van der Waals surface area contributed by atoms with Crippen molar-refractivity contribution in [3.8, 4) is 101 Å². The number of halogens is 1. The summed E-state index contributed by atoms with van der Waals surface area (Å²) in [5, 5.41) is 0.752. The first-order valence-corrected chi connectivity index (χ1v) is 8.40. The molecule has 0 amide bonds. The molecule has 0 aliphatic rings. The maximum atomic E-state index is 5.83. The van der Waals surface area contributed by atoms with Crippen molar-refractivity contribution in [3.05, 3.63) is 53.6 Å². The van der Waals surface area contributed by atoms with Crippen LogP contribution in [0.3, 0.4) is 0 Å². The van der Waals surface area contributed by atoms with E-state index in [1.807, 2.05) is 48.5 Å². The predicted molar refractivity (Wildman–Crippen MR) is 120 cm³/mol. The molecule has 0 aliphatic heterocycles. The molecular weight excluding hydrogens is 376 g/mol. The quantitative estimate of drug-likeness (QED) is 0.697. The lowest BCUT2D eigenvalue weighted by molar-refractivity contribution is 0.415. The molecule has 0 N–H and O–H groups in total. The van der Waals surface area contributed by atoms with Gasteiger partial charge >= 0.3 is 0 Å². The summed E-state index contributed by atoms with van der Waals surface area (Å²) in [7, 11) is 1.67. The lowest BCUT2D eigenvalue weighted by Gasteiger charge is -2.04. The Hall–Kier alpha value is -4.55. The molecule has 0 atom stereocenters. The number of hydrogen-bond donors (Lipinski definition) is 0. The Morgan fingerprint density at radius 3 is 1.59 bits per heavy atom. The van der Waals surface area contributed by atoms with Gasteiger partial charge in [-0.25, -0.2) is 0 Å². The Morgan fingerprint density at radius 2 is 1.14 bits per heavy atom. The first-order chi connectivity index (χ1) is 14.2. The predicted octanol–water partition coefficient (Wildman–Crippen LogP) is 4.29. The van der Waals surface area contributed by atoms with E-state index in [0.29, 0.717) is 0 Å². The molecule has 0 spiro atoms. The number of rotatable bonds is 2. The maximum absolute atomic E-state index is 5.83. The van der Waals surface area contributed by atoms with Crippen molar-refractivity contribution in [2.75, 3.05) is 7.11 Å². The van der Waals surface area contributed by atoms with Crippen LogP contribution in [0.2, 0.25) is 5.02 Å². The summed E-state index contributed by atoms with van der Waals surface area (Å²) in [5.74, 6) is 29.2. The SMILES string of the molecule is C#CC#CC#CC#CC#CC#CC#C.COc1cccc(-c2ccc(Cl)cc2)c1. The summed E-state index contributed by atoms with van der Waals surface area (Å²) < 4.78 is 5.17. The van der Waals surface area contributed by atoms with Crippen LogP contribution in [0.15, 0.2) is 48.5 Å². The molecule has 0 heterocycles. The van der Waals surface area contributed by atoms with Gasteiger partial charge in [0.15, 0.2) is 0 Å². The lowest BCUT2D eigenvalue weighted by atomic mass is 10.1. The van der Waals surface area contributed by atoms with Crippen molar-refractivity contribution in [1.82, 2.24) is 0 Å². The van der Waals surface area contributed by atoms with E-state index in [-0.39, 0.29) is 0 Å². The third kappa shape index (κ3) is 10.2. The van der Waals surface area contributed by atoms with Crippen LogP contribution < -0.4 is 4.74 Å². The maximum Gasteiger partial charge on any atom is 0.119 e. The average Bonchev–Trinajstić information content (AvgIpc) is 2.76. The minimum absolute atomic E-state index is 0.752. The van der Waals surface area contributed by atoms with Crippen LogP contribution >= 0.6 is 11.6 Å². The van der Waals surface area contributed by atoms with Gasteiger partial charge in [0, 0.05) is 5.02 Å². The highest BCUT2D eigenvalue weighted by Crippen LogP contribution is 2.24. The summed E-state index contributed by atoms with van der Waals surface area (Å²) in [5.41, 5.74) is 2.27. The summed E-state index contributed by atoms with van der Waals surface area (Å²) in [4.78, 5) is 0. The number of terminal acetylenes is 2. The molecule has 0 aromatic heterocycles. The molecule has 2 aromatic carbocycles. The minimum Gasteiger partial charge on any atom is -0.497 e. The zero-order valence-corrected chi connectivity index (χ0v) is 16.3. The van der Waals surface area contributed by atoms with Crippen molar-refractivity contribution in [3.63, 3.8) is 0 Å². The largest absolute Gasteiger partial charge is 0.497 e. The number of hydrogen-bond acceptors (Lipinski definition) is 1. The molecule has 0 saturated carbocycles. The van der Waals surface area contributed by atoms with E-state index in [1.54, 1.807) is 7.11 Å². The first-order valence-electron chi connectivity index (χ1n) is 8.02. The Kier molecular flexibility index (Phi) is 11.3. The molecule has 134 valence electrons. The average molecular weight is 389 g/mol. The van der Waals surface area contributed by atoms with E-state index < -0.39 is 0 Å². The smallest absolute Gasteiger partial charge is 0.119 e. The fraction of sp³-hybridized carbons (Fsp3) is 0.0370. The van der Waals surface area contributed by atoms with Gasteiger partial charge in [0.05, 0.1) is 7.11 Å². The van der Waals surface area contributed by atoms with Gasteiger partial charge < -0.3 is 4.74 Å². The van der Waals surface area contributed by atoms with E-state index in [1.165, 1.54) is 0 Å². The van der Waals surface area contributed by atoms with Gasteiger partial charge in [0.1, 0.15) is 5.75 Å². The molecule has 0 saturated heterocycles. The summed E-state index contributed by atoms with van der Waals surface area (Å²) in [6.07, 6.45) is 9.71. The molecule has 0 aliphatic carbocycles. The molecule has 0 radical (unpaired) electrons. The Morgan fingerprint density at radius 1 is 0.655 bits per heavy atom. The van der Waals surface area contributed by atoms with Gasteiger partial charge in [-0.15, -0.1) is 12.8 Å². The van der Waals surface area contributed by atoms with E-state index in [0.717, 1.165) is 21.9 Å². The van der Waals surface area contributed by atoms with E-state index in [9.17, 15) is 0 Å². The number of ether oxygens (including phenoxy) is 1. The summed E-state index contributed by atoms with van der Waals surface area (Å²) in [6, 6.07) is 15.7. The fourth-order valence-electron chi connectivity index (χ4n) is 1.77. The van der Waals surface area contributed by atoms with Crippen LogP contribution in [-0.4, -0.2) is 7.11 Å². The van der Waals surface area contributed by atoms with Gasteiger partial charge in [-0.1, -0.05) is 35.9 Å². The van der Waals surface area contributed by atoms with Crippen LogP contribution in [0.4, 0.5) is 0 Å². The van der Waals surface area contributed by atoms with Crippen molar-refractivity contribution in [2.45, 2.75) is 0 Å². The van der Waals surface area contributed by atoms with Crippen LogP contribution in [0.25, 0.3) is 11.1 Å². The van der Waals surface area contributed by atoms with Crippen molar-refractivity contribution < 1.29 is 4.74 Å². The topological polar surface area (TPSA) is 9.23 Å². The summed E-state index contributed by atoms with van der Waals surface area (Å²) >= 11 is 5.83. The number of methoxy groups -OCH3 is 1. The van der Waals surface area contributed by atoms with Gasteiger partial charge in [0.2, 0.25) is 0 Å². The van der Waals surface area contributed by atoms with Crippen LogP contribution in [-0.2, 0) is 0 Å². The molecular formula is C27H13ClO. The van der Waals surface area contributed by atoms with Crippen LogP contribution in [0, 0.1) is 83.9 Å². The highest BCUT2D eigenvalue weighted by molar-refractivity contribution is 6.30. The van der Waals surface area contributed by atoms with Crippen LogP contribution in [0.5, 0.6) is 5.75 Å². The molecule has 2 aromatic rings. The van der Waals surface area contributed by atoms with Crippen molar-refractivity contribution in [1.29, 1.82) is 0 Å². The molecule has 1 nitrogen and oxygen atoms in total. The number of benzene rings is 2. The van der Waals surface area contributed by atoms with Crippen molar-refractivity contribution in [2.24, 2.45) is 0 Å². The molecule has 0 unspecified atom stereocenters. The minimum atomic E-state index is 0.752. The second-order valence-electron chi connectivity index (χ2n) is 4.78. The molecule has 0 bridgehead atoms. The van der Waals surface area contributed by atoms with Gasteiger partial charge in [-0.05, 0) is 106 Å². The zero-order valence-electron chi connectivity index (χ0n) is 15.6. The van der Waals surface area contributed by atoms with Crippen LogP contribution in [0.1, 0.15) is 0 Å². The molecule has 29 heavy (non-hydrogen) atoms. The normalized spacial score (nSPS) is 6.90. The highest BCUT2D eigenvalue weighted by atomic mass is 35.5. The molecule has 2 heteroatoms. The molecule has 2 rings (SSSR count). The second-order valence-corrected chi connectivity index (χ2v) is 5.21. The second kappa shape index (κ2) is 14.6.